The van der Waals surface area contributed by atoms with Gasteiger partial charge in [0.1, 0.15) is 5.76 Å². The molecule has 0 fully saturated rings. The van der Waals surface area contributed by atoms with Crippen molar-refractivity contribution >= 4 is 5.91 Å². The predicted molar refractivity (Wildman–Crippen MR) is 75.9 cm³/mol. The molecule has 3 heteroatoms. The van der Waals surface area contributed by atoms with E-state index in [1.54, 1.807) is 31.2 Å². The Balaban J connectivity index is 4.96. The fourth-order valence-electron chi connectivity index (χ4n) is 1.12. The summed E-state index contributed by atoms with van der Waals surface area (Å²) in [5.41, 5.74) is 0.720. The molecule has 0 atom stereocenters. The van der Waals surface area contributed by atoms with Gasteiger partial charge in [-0.15, -0.1) is 0 Å². The minimum Gasteiger partial charge on any atom is -0.506 e. The zero-order valence-electron chi connectivity index (χ0n) is 10.8. The maximum absolute atomic E-state index is 11.8. The summed E-state index contributed by atoms with van der Waals surface area (Å²) in [6, 6.07) is 0. The minimum atomic E-state index is -0.349. The van der Waals surface area contributed by atoms with E-state index in [4.69, 9.17) is 0 Å². The molecule has 0 aromatic rings. The Morgan fingerprint density at radius 2 is 1.89 bits per heavy atom. The van der Waals surface area contributed by atoms with Gasteiger partial charge in [0.2, 0.25) is 0 Å². The Hall–Kier alpha value is -2.29. The SMILES string of the molecule is C=C/C=C(\C=C)C(=O)NC(=C/C)/C(O)=C\C=C/C. The lowest BCUT2D eigenvalue weighted by atomic mass is 10.2. The number of amides is 1. The topological polar surface area (TPSA) is 49.3 Å². The van der Waals surface area contributed by atoms with Crippen LogP contribution in [0.2, 0.25) is 0 Å². The van der Waals surface area contributed by atoms with E-state index in [2.05, 4.69) is 18.5 Å². The number of nitrogens with one attached hydrogen (secondary N) is 1. The third-order valence-corrected chi connectivity index (χ3v) is 2.04. The van der Waals surface area contributed by atoms with Gasteiger partial charge in [-0.25, -0.2) is 0 Å². The monoisotopic (exact) mass is 245 g/mol. The summed E-state index contributed by atoms with van der Waals surface area (Å²) < 4.78 is 0. The first kappa shape index (κ1) is 15.7. The molecule has 0 bridgehead atoms. The summed E-state index contributed by atoms with van der Waals surface area (Å²) in [7, 11) is 0. The molecule has 18 heavy (non-hydrogen) atoms. The maximum atomic E-state index is 11.8. The van der Waals surface area contributed by atoms with E-state index in [-0.39, 0.29) is 11.7 Å². The average molecular weight is 245 g/mol. The van der Waals surface area contributed by atoms with Gasteiger partial charge in [-0.1, -0.05) is 49.6 Å². The molecular formula is C15H19NO2. The molecule has 1 amide bonds. The number of rotatable bonds is 6. The normalized spacial score (nSPS) is 13.6. The van der Waals surface area contributed by atoms with E-state index in [1.165, 1.54) is 18.2 Å². The van der Waals surface area contributed by atoms with Crippen molar-refractivity contribution in [3.63, 3.8) is 0 Å². The van der Waals surface area contributed by atoms with E-state index in [1.807, 2.05) is 6.92 Å². The second-order valence-electron chi connectivity index (χ2n) is 3.30. The highest BCUT2D eigenvalue weighted by Crippen LogP contribution is 2.06. The molecule has 0 aliphatic heterocycles. The highest BCUT2D eigenvalue weighted by Gasteiger charge is 2.09. The Morgan fingerprint density at radius 1 is 1.22 bits per heavy atom. The molecule has 0 radical (unpaired) electrons. The van der Waals surface area contributed by atoms with Crippen LogP contribution in [-0.4, -0.2) is 11.0 Å². The van der Waals surface area contributed by atoms with Crippen molar-refractivity contribution in [1.82, 2.24) is 5.32 Å². The van der Waals surface area contributed by atoms with Gasteiger partial charge in [0.15, 0.2) is 0 Å². The van der Waals surface area contributed by atoms with Crippen LogP contribution in [0.15, 0.2) is 72.7 Å². The summed E-state index contributed by atoms with van der Waals surface area (Å²) in [5.74, 6) is -0.357. The van der Waals surface area contributed by atoms with Gasteiger partial charge in [0, 0.05) is 5.57 Å². The van der Waals surface area contributed by atoms with Crippen LogP contribution >= 0.6 is 0 Å². The Labute approximate surface area is 108 Å². The van der Waals surface area contributed by atoms with Gasteiger partial charge in [0.05, 0.1) is 5.70 Å². The number of allylic oxidation sites excluding steroid dienone is 6. The molecule has 0 spiro atoms. The molecule has 0 rings (SSSR count). The molecule has 0 saturated carbocycles. The molecule has 0 heterocycles. The number of carbonyl (C=O) groups is 1. The standard InChI is InChI=1S/C15H19NO2/c1-5-9-11-14(17)13(8-4)16-15(18)12(7-3)10-6-2/h5-11,17H,2-3H2,1,4H3,(H,16,18)/b9-5-,12-10+,13-8+,14-11+. The van der Waals surface area contributed by atoms with Crippen molar-refractivity contribution in [3.05, 3.63) is 72.7 Å². The molecule has 0 aliphatic rings. The first-order chi connectivity index (χ1) is 8.60. The van der Waals surface area contributed by atoms with Crippen LogP contribution in [0, 0.1) is 0 Å². The van der Waals surface area contributed by atoms with Crippen LogP contribution in [0.4, 0.5) is 0 Å². The van der Waals surface area contributed by atoms with E-state index in [0.29, 0.717) is 11.3 Å². The van der Waals surface area contributed by atoms with Gasteiger partial charge in [-0.2, -0.15) is 0 Å². The van der Waals surface area contributed by atoms with Crippen LogP contribution in [0.1, 0.15) is 13.8 Å². The number of carbonyl (C=O) groups excluding carboxylic acids is 1. The molecular weight excluding hydrogens is 226 g/mol. The molecule has 96 valence electrons. The lowest BCUT2D eigenvalue weighted by Gasteiger charge is -2.08. The number of hydrogen-bond acceptors (Lipinski definition) is 2. The van der Waals surface area contributed by atoms with Gasteiger partial charge in [-0.3, -0.25) is 4.79 Å². The van der Waals surface area contributed by atoms with Crippen molar-refractivity contribution in [1.29, 1.82) is 0 Å². The average Bonchev–Trinajstić information content (AvgIpc) is 2.38. The molecule has 0 saturated heterocycles. The van der Waals surface area contributed by atoms with Crippen molar-refractivity contribution < 1.29 is 9.90 Å². The van der Waals surface area contributed by atoms with E-state index in [9.17, 15) is 9.90 Å². The fourth-order valence-corrected chi connectivity index (χ4v) is 1.12. The first-order valence-corrected chi connectivity index (χ1v) is 5.55. The van der Waals surface area contributed by atoms with Crippen LogP contribution in [0.3, 0.4) is 0 Å². The summed E-state index contributed by atoms with van der Waals surface area (Å²) in [6.45, 7) is 10.6. The van der Waals surface area contributed by atoms with Gasteiger partial charge in [-0.05, 0) is 19.9 Å². The summed E-state index contributed by atoms with van der Waals surface area (Å²) in [6.07, 6.45) is 11.0. The van der Waals surface area contributed by atoms with E-state index < -0.39 is 0 Å². The minimum absolute atomic E-state index is 0.00837. The second kappa shape index (κ2) is 8.82. The number of aliphatic hydroxyl groups excluding tert-OH is 1. The summed E-state index contributed by atoms with van der Waals surface area (Å²) in [4.78, 5) is 11.8. The lowest BCUT2D eigenvalue weighted by Crippen LogP contribution is -2.24. The van der Waals surface area contributed by atoms with Crippen LogP contribution in [0.5, 0.6) is 0 Å². The Kier molecular flexibility index (Phi) is 7.69. The lowest BCUT2D eigenvalue weighted by molar-refractivity contribution is -0.116. The predicted octanol–water partition coefficient (Wildman–Crippen LogP) is 3.32. The Morgan fingerprint density at radius 3 is 2.33 bits per heavy atom. The van der Waals surface area contributed by atoms with Crippen molar-refractivity contribution in [3.8, 4) is 0 Å². The smallest absolute Gasteiger partial charge is 0.255 e. The van der Waals surface area contributed by atoms with E-state index >= 15 is 0 Å². The van der Waals surface area contributed by atoms with Gasteiger partial charge >= 0.3 is 0 Å². The molecule has 0 aliphatic carbocycles. The van der Waals surface area contributed by atoms with Crippen LogP contribution < -0.4 is 5.32 Å². The third kappa shape index (κ3) is 5.16. The van der Waals surface area contributed by atoms with Crippen LogP contribution in [0.25, 0.3) is 0 Å². The molecule has 2 N–H and O–H groups in total. The van der Waals surface area contributed by atoms with E-state index in [0.717, 1.165) is 0 Å². The zero-order valence-corrected chi connectivity index (χ0v) is 10.8. The number of aliphatic hydroxyl groups is 1. The molecule has 0 unspecified atom stereocenters. The Bertz CT molecular complexity index is 437. The van der Waals surface area contributed by atoms with Crippen LogP contribution in [-0.2, 0) is 4.79 Å². The molecule has 0 aromatic heterocycles. The third-order valence-electron chi connectivity index (χ3n) is 2.04. The fraction of sp³-hybridized carbons (Fsp3) is 0.133. The highest BCUT2D eigenvalue weighted by molar-refractivity contribution is 5.97. The largest absolute Gasteiger partial charge is 0.506 e. The van der Waals surface area contributed by atoms with Crippen molar-refractivity contribution in [2.24, 2.45) is 0 Å². The summed E-state index contributed by atoms with van der Waals surface area (Å²) >= 11 is 0. The highest BCUT2D eigenvalue weighted by atomic mass is 16.3. The molecule has 0 aromatic carbocycles. The number of hydrogen-bond donors (Lipinski definition) is 2. The summed E-state index contributed by atoms with van der Waals surface area (Å²) in [5, 5.41) is 12.3. The molecule has 3 nitrogen and oxygen atoms in total. The first-order valence-electron chi connectivity index (χ1n) is 5.55. The van der Waals surface area contributed by atoms with Crippen molar-refractivity contribution in [2.45, 2.75) is 13.8 Å². The van der Waals surface area contributed by atoms with Gasteiger partial charge in [0.25, 0.3) is 5.91 Å². The quantitative estimate of drug-likeness (QED) is 0.428. The second-order valence-corrected chi connectivity index (χ2v) is 3.30. The maximum Gasteiger partial charge on any atom is 0.255 e. The van der Waals surface area contributed by atoms with Gasteiger partial charge < -0.3 is 10.4 Å². The zero-order chi connectivity index (χ0) is 14.0. The van der Waals surface area contributed by atoms with Crippen molar-refractivity contribution in [2.75, 3.05) is 0 Å².